The minimum Gasteiger partial charge on any atom is -0.394 e. The molecule has 0 unspecified atom stereocenters. The summed E-state index contributed by atoms with van der Waals surface area (Å²) in [5.74, 6) is 0. The van der Waals surface area contributed by atoms with E-state index >= 15 is 0 Å². The van der Waals surface area contributed by atoms with Gasteiger partial charge in [0.1, 0.15) is 24.4 Å². The van der Waals surface area contributed by atoms with E-state index in [-0.39, 0.29) is 6.61 Å². The lowest BCUT2D eigenvalue weighted by molar-refractivity contribution is -0.0227. The van der Waals surface area contributed by atoms with E-state index in [2.05, 4.69) is 12.1 Å². The molecule has 0 aliphatic carbocycles. The third-order valence-corrected chi connectivity index (χ3v) is 4.07. The van der Waals surface area contributed by atoms with Gasteiger partial charge < -0.3 is 20.1 Å². The molecule has 1 fully saturated rings. The highest BCUT2D eigenvalue weighted by atomic mass is 16.6. The fourth-order valence-electron chi connectivity index (χ4n) is 2.89. The van der Waals surface area contributed by atoms with Gasteiger partial charge in [-0.15, -0.1) is 0 Å². The number of hydrogen-bond acceptors (Lipinski definition) is 4. The molecule has 2 aromatic carbocycles. The molecule has 22 heavy (non-hydrogen) atoms. The molecule has 4 atom stereocenters. The molecule has 0 bridgehead atoms. The lowest BCUT2D eigenvalue weighted by atomic mass is 9.97. The van der Waals surface area contributed by atoms with E-state index in [1.807, 2.05) is 42.5 Å². The van der Waals surface area contributed by atoms with Crippen molar-refractivity contribution in [3.05, 3.63) is 71.3 Å². The molecule has 0 radical (unpaired) electrons. The molecule has 116 valence electrons. The normalized spacial score (nSPS) is 28.0. The van der Waals surface area contributed by atoms with Gasteiger partial charge in [0.05, 0.1) is 6.61 Å². The van der Waals surface area contributed by atoms with Crippen LogP contribution in [0.4, 0.5) is 0 Å². The maximum absolute atomic E-state index is 10.1. The van der Waals surface area contributed by atoms with E-state index in [0.717, 1.165) is 17.5 Å². The molecule has 0 saturated carbocycles. The summed E-state index contributed by atoms with van der Waals surface area (Å²) in [7, 11) is 0. The summed E-state index contributed by atoms with van der Waals surface area (Å²) >= 11 is 0. The second-order valence-electron chi connectivity index (χ2n) is 5.67. The van der Waals surface area contributed by atoms with Gasteiger partial charge in [-0.25, -0.2) is 0 Å². The summed E-state index contributed by atoms with van der Waals surface area (Å²) in [6.45, 7) is -0.307. The Morgan fingerprint density at radius 2 is 1.59 bits per heavy atom. The molecule has 3 rings (SSSR count). The summed E-state index contributed by atoms with van der Waals surface area (Å²) < 4.78 is 5.58. The van der Waals surface area contributed by atoms with Gasteiger partial charge in [0.25, 0.3) is 0 Å². The van der Waals surface area contributed by atoms with Gasteiger partial charge in [-0.3, -0.25) is 0 Å². The van der Waals surface area contributed by atoms with Crippen LogP contribution in [0.25, 0.3) is 0 Å². The third kappa shape index (κ3) is 3.05. The maximum Gasteiger partial charge on any atom is 0.113 e. The highest BCUT2D eigenvalue weighted by Gasteiger charge is 2.42. The Kier molecular flexibility index (Phi) is 4.55. The number of ether oxygens (including phenoxy) is 1. The van der Waals surface area contributed by atoms with Crippen LogP contribution in [0.15, 0.2) is 54.6 Å². The van der Waals surface area contributed by atoms with Crippen LogP contribution >= 0.6 is 0 Å². The Hall–Kier alpha value is -1.72. The van der Waals surface area contributed by atoms with E-state index in [4.69, 9.17) is 4.74 Å². The van der Waals surface area contributed by atoms with Crippen LogP contribution in [0.2, 0.25) is 0 Å². The van der Waals surface area contributed by atoms with Crippen molar-refractivity contribution in [2.45, 2.75) is 30.8 Å². The van der Waals surface area contributed by atoms with Gasteiger partial charge in [-0.05, 0) is 23.1 Å². The topological polar surface area (TPSA) is 69.9 Å². The molecule has 1 heterocycles. The lowest BCUT2D eigenvalue weighted by Gasteiger charge is -2.16. The first-order chi connectivity index (χ1) is 10.7. The monoisotopic (exact) mass is 300 g/mol. The summed E-state index contributed by atoms with van der Waals surface area (Å²) in [5, 5.41) is 29.1. The summed E-state index contributed by atoms with van der Waals surface area (Å²) in [4.78, 5) is 0. The van der Waals surface area contributed by atoms with Crippen molar-refractivity contribution in [3.63, 3.8) is 0 Å². The molecular weight excluding hydrogens is 280 g/mol. The zero-order valence-corrected chi connectivity index (χ0v) is 12.2. The van der Waals surface area contributed by atoms with Gasteiger partial charge >= 0.3 is 0 Å². The van der Waals surface area contributed by atoms with Crippen molar-refractivity contribution in [1.82, 2.24) is 0 Å². The van der Waals surface area contributed by atoms with Crippen LogP contribution in [0, 0.1) is 0 Å². The van der Waals surface area contributed by atoms with Crippen LogP contribution < -0.4 is 0 Å². The third-order valence-electron chi connectivity index (χ3n) is 4.07. The highest BCUT2D eigenvalue weighted by Crippen LogP contribution is 2.33. The molecule has 3 N–H and O–H groups in total. The molecule has 4 heteroatoms. The average molecular weight is 300 g/mol. The van der Waals surface area contributed by atoms with Crippen LogP contribution in [0.3, 0.4) is 0 Å². The Morgan fingerprint density at radius 3 is 2.27 bits per heavy atom. The quantitative estimate of drug-likeness (QED) is 0.799. The average Bonchev–Trinajstić information content (AvgIpc) is 2.84. The van der Waals surface area contributed by atoms with E-state index < -0.39 is 24.4 Å². The van der Waals surface area contributed by atoms with Crippen molar-refractivity contribution in [3.8, 4) is 0 Å². The minimum absolute atomic E-state index is 0.307. The predicted octanol–water partition coefficient (Wildman–Crippen LogP) is 1.43. The molecule has 1 aliphatic rings. The van der Waals surface area contributed by atoms with Gasteiger partial charge in [-0.1, -0.05) is 54.6 Å². The van der Waals surface area contributed by atoms with Crippen molar-refractivity contribution in [2.75, 3.05) is 6.61 Å². The molecule has 0 spiro atoms. The summed E-state index contributed by atoms with van der Waals surface area (Å²) in [5.41, 5.74) is 3.14. The van der Waals surface area contributed by atoms with Crippen molar-refractivity contribution in [1.29, 1.82) is 0 Å². The standard InChI is InChI=1S/C18H20O4/c19-11-15-16(20)17(21)18(22-15)14-8-4-7-13(10-14)9-12-5-2-1-3-6-12/h1-8,10,15-21H,9,11H2/t15-,16-,17-,18+/m1/s1. The molecule has 0 aromatic heterocycles. The second-order valence-corrected chi connectivity index (χ2v) is 5.67. The van der Waals surface area contributed by atoms with E-state index in [1.165, 1.54) is 5.56 Å². The molecule has 0 amide bonds. The Morgan fingerprint density at radius 1 is 0.864 bits per heavy atom. The van der Waals surface area contributed by atoms with E-state index in [0.29, 0.717) is 0 Å². The lowest BCUT2D eigenvalue weighted by Crippen LogP contribution is -2.32. The molecule has 1 aliphatic heterocycles. The Bertz CT molecular complexity index is 613. The van der Waals surface area contributed by atoms with Crippen molar-refractivity contribution < 1.29 is 20.1 Å². The summed E-state index contributed by atoms with van der Waals surface area (Å²) in [6.07, 6.45) is -2.64. The van der Waals surface area contributed by atoms with E-state index in [1.54, 1.807) is 0 Å². The number of aliphatic hydroxyl groups excluding tert-OH is 3. The highest BCUT2D eigenvalue weighted by molar-refractivity contribution is 5.31. The van der Waals surface area contributed by atoms with Gasteiger partial charge in [-0.2, -0.15) is 0 Å². The first kappa shape index (κ1) is 15.2. The number of rotatable bonds is 4. The fourth-order valence-corrected chi connectivity index (χ4v) is 2.89. The Balaban J connectivity index is 1.80. The largest absolute Gasteiger partial charge is 0.394 e. The summed E-state index contributed by atoms with van der Waals surface area (Å²) in [6, 6.07) is 17.9. The zero-order valence-electron chi connectivity index (χ0n) is 12.2. The molecule has 1 saturated heterocycles. The van der Waals surface area contributed by atoms with Crippen LogP contribution in [-0.2, 0) is 11.2 Å². The maximum atomic E-state index is 10.1. The predicted molar refractivity (Wildman–Crippen MR) is 82.4 cm³/mol. The molecule has 2 aromatic rings. The number of benzene rings is 2. The van der Waals surface area contributed by atoms with Crippen LogP contribution in [0.5, 0.6) is 0 Å². The first-order valence-corrected chi connectivity index (χ1v) is 7.44. The van der Waals surface area contributed by atoms with Gasteiger partial charge in [0, 0.05) is 0 Å². The fraction of sp³-hybridized carbons (Fsp3) is 0.333. The minimum atomic E-state index is -1.06. The second kappa shape index (κ2) is 6.58. The van der Waals surface area contributed by atoms with Crippen LogP contribution in [0.1, 0.15) is 22.8 Å². The van der Waals surface area contributed by atoms with E-state index in [9.17, 15) is 15.3 Å². The first-order valence-electron chi connectivity index (χ1n) is 7.44. The SMILES string of the molecule is OC[C@H]1O[C@@H](c2cccc(Cc3ccccc3)c2)[C@H](O)[C@@H]1O. The number of aliphatic hydroxyl groups is 3. The van der Waals surface area contributed by atoms with Gasteiger partial charge in [0.2, 0.25) is 0 Å². The number of hydrogen-bond donors (Lipinski definition) is 3. The Labute approximate surface area is 129 Å². The smallest absolute Gasteiger partial charge is 0.113 e. The van der Waals surface area contributed by atoms with Crippen molar-refractivity contribution >= 4 is 0 Å². The van der Waals surface area contributed by atoms with Crippen molar-refractivity contribution in [2.24, 2.45) is 0 Å². The zero-order chi connectivity index (χ0) is 15.5. The molecular formula is C18H20O4. The van der Waals surface area contributed by atoms with Gasteiger partial charge in [0.15, 0.2) is 0 Å². The van der Waals surface area contributed by atoms with Crippen LogP contribution in [-0.4, -0.2) is 40.2 Å². The molecule has 4 nitrogen and oxygen atoms in total.